The largest absolute Gasteiger partial charge is 0.458 e. The van der Waals surface area contributed by atoms with Crippen molar-refractivity contribution in [3.63, 3.8) is 0 Å². The number of halogens is 3. The Hall–Kier alpha value is -4.39. The van der Waals surface area contributed by atoms with Gasteiger partial charge >= 0.3 is 18.1 Å². The average molecular weight is 746 g/mol. The Labute approximate surface area is 301 Å². The van der Waals surface area contributed by atoms with Crippen LogP contribution in [0.1, 0.15) is 35.6 Å². The fourth-order valence-corrected chi connectivity index (χ4v) is 8.01. The van der Waals surface area contributed by atoms with E-state index in [2.05, 4.69) is 15.4 Å². The number of benzene rings is 2. The predicted octanol–water partition coefficient (Wildman–Crippen LogP) is 0.858. The van der Waals surface area contributed by atoms with E-state index in [4.69, 9.17) is 19.0 Å². The number of ether oxygens (including phenoxy) is 4. The van der Waals surface area contributed by atoms with Gasteiger partial charge in [-0.1, -0.05) is 48.5 Å². The Bertz CT molecular complexity index is 1760. The van der Waals surface area contributed by atoms with Crippen LogP contribution in [0.25, 0.3) is 6.08 Å². The zero-order valence-electron chi connectivity index (χ0n) is 28.4. The Balaban J connectivity index is 1.17. The molecule has 5 aliphatic rings. The van der Waals surface area contributed by atoms with Gasteiger partial charge in [-0.05, 0) is 35.3 Å². The molecule has 8 unspecified atom stereocenters. The summed E-state index contributed by atoms with van der Waals surface area (Å²) in [6.45, 7) is -0.906. The second-order valence-electron chi connectivity index (χ2n) is 13.9. The molecule has 2 aromatic carbocycles. The van der Waals surface area contributed by atoms with Crippen LogP contribution in [0.2, 0.25) is 0 Å². The number of carbonyl (C=O) groups is 4. The van der Waals surface area contributed by atoms with E-state index in [1.165, 1.54) is 18.1 Å². The molecule has 7 rings (SSSR count). The third-order valence-corrected chi connectivity index (χ3v) is 10.3. The van der Waals surface area contributed by atoms with E-state index in [-0.39, 0.29) is 26.1 Å². The van der Waals surface area contributed by atoms with E-state index in [1.54, 1.807) is 24.3 Å². The van der Waals surface area contributed by atoms with E-state index in [9.17, 15) is 42.6 Å². The highest BCUT2D eigenvalue weighted by molar-refractivity contribution is 5.96. The summed E-state index contributed by atoms with van der Waals surface area (Å²) < 4.78 is 60.6. The second kappa shape index (κ2) is 14.1. The smallest absolute Gasteiger partial charge is 0.422 e. The SMILES string of the molecule is CC(O)C(NC(=O)C12CC3OC(=O)C1N(Cc1ccc(C=CC(=O)OCC(F)(F)F)cc1)OC2C1OC2(Cc4ccccc4C2)OC31)C(=O)NCCO. The van der Waals surface area contributed by atoms with Gasteiger partial charge in [-0.25, -0.2) is 4.79 Å². The van der Waals surface area contributed by atoms with Crippen LogP contribution >= 0.6 is 0 Å². The Morgan fingerprint density at radius 1 is 1.08 bits per heavy atom. The molecule has 1 spiro atoms. The number of fused-ring (bicyclic) bond motifs is 5. The Morgan fingerprint density at radius 3 is 2.40 bits per heavy atom. The maximum atomic E-state index is 14.6. The number of hydrogen-bond donors (Lipinski definition) is 4. The lowest BCUT2D eigenvalue weighted by Gasteiger charge is -2.49. The van der Waals surface area contributed by atoms with Gasteiger partial charge in [0.15, 0.2) is 18.4 Å². The van der Waals surface area contributed by atoms with Gasteiger partial charge in [0.1, 0.15) is 35.9 Å². The lowest BCUT2D eigenvalue weighted by Crippen LogP contribution is -2.71. The van der Waals surface area contributed by atoms with E-state index in [0.717, 1.165) is 17.2 Å². The predicted molar refractivity (Wildman–Crippen MR) is 174 cm³/mol. The van der Waals surface area contributed by atoms with E-state index >= 15 is 0 Å². The highest BCUT2D eigenvalue weighted by Gasteiger charge is 2.76. The van der Waals surface area contributed by atoms with Gasteiger partial charge in [-0.3, -0.25) is 19.2 Å². The maximum Gasteiger partial charge on any atom is 0.422 e. The number of hydroxylamine groups is 2. The molecule has 0 radical (unpaired) electrons. The van der Waals surface area contributed by atoms with Gasteiger partial charge in [0, 0.05) is 31.9 Å². The molecular formula is C36H38F3N3O11. The van der Waals surface area contributed by atoms with Crippen molar-refractivity contribution in [2.24, 2.45) is 5.41 Å². The number of aliphatic hydroxyl groups excluding tert-OH is 2. The van der Waals surface area contributed by atoms with Crippen molar-refractivity contribution >= 4 is 29.8 Å². The van der Waals surface area contributed by atoms with Crippen LogP contribution in [0.4, 0.5) is 13.2 Å². The fraction of sp³-hybridized carbons (Fsp3) is 0.500. The van der Waals surface area contributed by atoms with Gasteiger partial charge in [0.2, 0.25) is 11.8 Å². The minimum absolute atomic E-state index is 0.0388. The molecule has 3 saturated heterocycles. The summed E-state index contributed by atoms with van der Waals surface area (Å²) >= 11 is 0. The average Bonchev–Trinajstić information content (AvgIpc) is 3.79. The molecular weight excluding hydrogens is 707 g/mol. The van der Waals surface area contributed by atoms with Gasteiger partial charge in [-0.2, -0.15) is 18.2 Å². The Morgan fingerprint density at radius 2 is 1.75 bits per heavy atom. The van der Waals surface area contributed by atoms with Crippen LogP contribution in [-0.2, 0) is 62.3 Å². The molecule has 284 valence electrons. The highest BCUT2D eigenvalue weighted by Crippen LogP contribution is 2.58. The van der Waals surface area contributed by atoms with Gasteiger partial charge in [-0.15, -0.1) is 0 Å². The van der Waals surface area contributed by atoms with E-state index < -0.39 is 90.3 Å². The number of carbonyl (C=O) groups excluding carboxylic acids is 4. The molecule has 8 atom stereocenters. The summed E-state index contributed by atoms with van der Waals surface area (Å²) in [6, 6.07) is 11.5. The molecule has 2 aliphatic carbocycles. The van der Waals surface area contributed by atoms with Crippen LogP contribution in [0, 0.1) is 5.41 Å². The van der Waals surface area contributed by atoms with Crippen molar-refractivity contribution in [3.05, 3.63) is 76.9 Å². The normalized spacial score (nSPS) is 29.3. The van der Waals surface area contributed by atoms with Crippen LogP contribution in [0.5, 0.6) is 0 Å². The summed E-state index contributed by atoms with van der Waals surface area (Å²) in [6.07, 6.45) is -6.71. The van der Waals surface area contributed by atoms with Crippen molar-refractivity contribution in [2.75, 3.05) is 19.8 Å². The number of rotatable bonds is 11. The summed E-state index contributed by atoms with van der Waals surface area (Å²) in [5.41, 5.74) is 1.48. The summed E-state index contributed by atoms with van der Waals surface area (Å²) in [4.78, 5) is 59.8. The Kier molecular flexibility index (Phi) is 9.84. The molecule has 2 bridgehead atoms. The van der Waals surface area contributed by atoms with Crippen molar-refractivity contribution < 1.29 is 66.3 Å². The zero-order chi connectivity index (χ0) is 37.7. The van der Waals surface area contributed by atoms with Gasteiger partial charge in [0.05, 0.1) is 19.3 Å². The molecule has 1 saturated carbocycles. The molecule has 2 amide bonds. The van der Waals surface area contributed by atoms with Crippen molar-refractivity contribution in [2.45, 2.75) is 87.3 Å². The molecule has 0 aromatic heterocycles. The fourth-order valence-electron chi connectivity index (χ4n) is 8.01. The summed E-state index contributed by atoms with van der Waals surface area (Å²) in [7, 11) is 0. The summed E-state index contributed by atoms with van der Waals surface area (Å²) in [5.74, 6) is -4.50. The number of nitrogens with one attached hydrogen (secondary N) is 2. The monoisotopic (exact) mass is 745 g/mol. The summed E-state index contributed by atoms with van der Waals surface area (Å²) in [5, 5.41) is 26.2. The first-order valence-electron chi connectivity index (χ1n) is 17.2. The molecule has 3 heterocycles. The number of amides is 2. The lowest BCUT2D eigenvalue weighted by molar-refractivity contribution is -0.217. The van der Waals surface area contributed by atoms with Gasteiger partial charge < -0.3 is 39.8 Å². The number of hydrogen-bond acceptors (Lipinski definition) is 12. The zero-order valence-corrected chi connectivity index (χ0v) is 28.4. The highest BCUT2D eigenvalue weighted by atomic mass is 19.4. The minimum atomic E-state index is -4.65. The van der Waals surface area contributed by atoms with Crippen molar-refractivity contribution in [1.29, 1.82) is 0 Å². The first kappa shape index (κ1) is 36.9. The van der Waals surface area contributed by atoms with Crippen LogP contribution in [-0.4, -0.2) is 113 Å². The third kappa shape index (κ3) is 7.04. The second-order valence-corrected chi connectivity index (χ2v) is 13.9. The minimum Gasteiger partial charge on any atom is -0.458 e. The molecule has 53 heavy (non-hydrogen) atoms. The molecule has 4 fully saturated rings. The number of alkyl halides is 3. The third-order valence-electron chi connectivity index (χ3n) is 10.3. The first-order valence-corrected chi connectivity index (χ1v) is 17.2. The van der Waals surface area contributed by atoms with Crippen molar-refractivity contribution in [1.82, 2.24) is 15.7 Å². The molecule has 4 N–H and O–H groups in total. The van der Waals surface area contributed by atoms with Crippen molar-refractivity contribution in [3.8, 4) is 0 Å². The number of esters is 2. The molecule has 3 aliphatic heterocycles. The first-order chi connectivity index (χ1) is 25.2. The van der Waals surface area contributed by atoms with Crippen LogP contribution < -0.4 is 10.6 Å². The molecule has 2 aromatic rings. The van der Waals surface area contributed by atoms with E-state index in [0.29, 0.717) is 24.0 Å². The standard InChI is InChI=1S/C36H38F3N3O11/c1-19(44)26(31(46)40-12-13-43)41-33(48)35-16-24-27-28(52-34(51-27)14-22-4-2-3-5-23(22)15-34)30(35)53-42(29(35)32(47)50-24)17-21-8-6-20(7-9-21)10-11-25(45)49-18-36(37,38)39/h2-11,19,24,26-30,43-44H,12-18H2,1H3,(H,40,46)(H,41,48). The number of aliphatic hydroxyl groups is 2. The van der Waals surface area contributed by atoms with Crippen LogP contribution in [0.3, 0.4) is 0 Å². The van der Waals surface area contributed by atoms with Crippen LogP contribution in [0.15, 0.2) is 54.6 Å². The molecule has 14 nitrogen and oxygen atoms in total. The topological polar surface area (TPSA) is 182 Å². The number of nitrogens with zero attached hydrogens (tertiary/aromatic N) is 1. The lowest BCUT2D eigenvalue weighted by atomic mass is 9.62. The quantitative estimate of drug-likeness (QED) is 0.189. The molecule has 17 heteroatoms. The maximum absolute atomic E-state index is 14.6. The van der Waals surface area contributed by atoms with E-state index in [1.807, 2.05) is 24.3 Å². The van der Waals surface area contributed by atoms with Gasteiger partial charge in [0.25, 0.3) is 0 Å².